The van der Waals surface area contributed by atoms with E-state index in [0.29, 0.717) is 12.2 Å². The maximum absolute atomic E-state index is 6.13. The number of fused-ring (bicyclic) bond motifs is 3. The SMILES string of the molecule is Cc1ccc2c(ccc3nc(N)c(Cc4ccccc4)nc32)c1. The van der Waals surface area contributed by atoms with E-state index in [-0.39, 0.29) is 0 Å². The van der Waals surface area contributed by atoms with Crippen LogP contribution >= 0.6 is 0 Å². The molecular weight excluding hydrogens is 282 g/mol. The maximum Gasteiger partial charge on any atom is 0.146 e. The van der Waals surface area contributed by atoms with Crippen LogP contribution in [-0.4, -0.2) is 9.97 Å². The zero-order valence-electron chi connectivity index (χ0n) is 13.0. The normalized spacial score (nSPS) is 11.2. The van der Waals surface area contributed by atoms with E-state index in [1.807, 2.05) is 24.3 Å². The summed E-state index contributed by atoms with van der Waals surface area (Å²) >= 11 is 0. The summed E-state index contributed by atoms with van der Waals surface area (Å²) in [6.45, 7) is 2.10. The zero-order chi connectivity index (χ0) is 15.8. The van der Waals surface area contributed by atoms with E-state index >= 15 is 0 Å². The molecular formula is C20H17N3. The quantitative estimate of drug-likeness (QED) is 0.562. The third-order valence-electron chi connectivity index (χ3n) is 4.12. The molecule has 0 saturated heterocycles. The fourth-order valence-electron chi connectivity index (χ4n) is 2.93. The molecule has 3 nitrogen and oxygen atoms in total. The van der Waals surface area contributed by atoms with Gasteiger partial charge in [0, 0.05) is 11.8 Å². The molecule has 1 heterocycles. The Hall–Kier alpha value is -2.94. The molecule has 0 atom stereocenters. The van der Waals surface area contributed by atoms with E-state index in [1.54, 1.807) is 0 Å². The Kier molecular flexibility index (Phi) is 3.19. The molecule has 4 aromatic rings. The molecule has 3 aromatic carbocycles. The van der Waals surface area contributed by atoms with E-state index < -0.39 is 0 Å². The predicted molar refractivity (Wildman–Crippen MR) is 95.4 cm³/mol. The molecule has 1 aromatic heterocycles. The molecule has 3 heteroatoms. The molecule has 0 aliphatic rings. The van der Waals surface area contributed by atoms with Gasteiger partial charge < -0.3 is 5.73 Å². The molecule has 0 amide bonds. The number of aromatic nitrogens is 2. The second-order valence-corrected chi connectivity index (χ2v) is 5.88. The number of aryl methyl sites for hydroxylation is 1. The van der Waals surface area contributed by atoms with E-state index in [4.69, 9.17) is 10.7 Å². The first-order valence-electron chi connectivity index (χ1n) is 7.70. The minimum Gasteiger partial charge on any atom is -0.382 e. The molecule has 0 radical (unpaired) electrons. The number of hydrogen-bond donors (Lipinski definition) is 1. The lowest BCUT2D eigenvalue weighted by Crippen LogP contribution is -2.03. The Morgan fingerprint density at radius 3 is 2.57 bits per heavy atom. The summed E-state index contributed by atoms with van der Waals surface area (Å²) in [6.07, 6.45) is 0.692. The van der Waals surface area contributed by atoms with Crippen molar-refractivity contribution in [3.8, 4) is 0 Å². The fourth-order valence-corrected chi connectivity index (χ4v) is 2.93. The average Bonchev–Trinajstić information content (AvgIpc) is 2.56. The summed E-state index contributed by atoms with van der Waals surface area (Å²) < 4.78 is 0. The third kappa shape index (κ3) is 2.50. The number of anilines is 1. The number of nitrogens with two attached hydrogens (primary N) is 1. The molecule has 112 valence electrons. The lowest BCUT2D eigenvalue weighted by molar-refractivity contribution is 1.08. The number of rotatable bonds is 2. The molecule has 2 N–H and O–H groups in total. The first-order chi connectivity index (χ1) is 11.2. The van der Waals surface area contributed by atoms with Gasteiger partial charge >= 0.3 is 0 Å². The van der Waals surface area contributed by atoms with E-state index in [0.717, 1.165) is 22.1 Å². The smallest absolute Gasteiger partial charge is 0.146 e. The minimum absolute atomic E-state index is 0.507. The standard InChI is InChI=1S/C20H17N3/c1-13-7-9-16-15(11-13)8-10-17-19(16)22-18(20(21)23-17)12-14-5-3-2-4-6-14/h2-11H,12H2,1H3,(H2,21,23). The van der Waals surface area contributed by atoms with Gasteiger partial charge in [0.15, 0.2) is 0 Å². The predicted octanol–water partition coefficient (Wildman–Crippen LogP) is 4.26. The molecule has 0 spiro atoms. The number of nitrogen functional groups attached to an aromatic ring is 1. The van der Waals surface area contributed by atoms with Crippen LogP contribution in [0, 0.1) is 6.92 Å². The maximum atomic E-state index is 6.13. The van der Waals surface area contributed by atoms with Gasteiger partial charge in [0.1, 0.15) is 5.82 Å². The van der Waals surface area contributed by atoms with Crippen LogP contribution in [0.1, 0.15) is 16.8 Å². The van der Waals surface area contributed by atoms with Crippen molar-refractivity contribution in [3.63, 3.8) is 0 Å². The van der Waals surface area contributed by atoms with Gasteiger partial charge in [-0.05, 0) is 23.9 Å². The second-order valence-electron chi connectivity index (χ2n) is 5.88. The van der Waals surface area contributed by atoms with Crippen LogP contribution in [0.15, 0.2) is 60.7 Å². The van der Waals surface area contributed by atoms with Crippen LogP contribution in [0.5, 0.6) is 0 Å². The van der Waals surface area contributed by atoms with Crippen LogP contribution in [0.25, 0.3) is 21.8 Å². The molecule has 0 saturated carbocycles. The first-order valence-corrected chi connectivity index (χ1v) is 7.70. The topological polar surface area (TPSA) is 51.8 Å². The lowest BCUT2D eigenvalue weighted by atomic mass is 10.1. The average molecular weight is 299 g/mol. The van der Waals surface area contributed by atoms with Gasteiger partial charge in [0.05, 0.1) is 16.7 Å². The van der Waals surface area contributed by atoms with Crippen LogP contribution in [-0.2, 0) is 6.42 Å². The molecule has 4 rings (SSSR count). The van der Waals surface area contributed by atoms with Gasteiger partial charge in [0.25, 0.3) is 0 Å². The molecule has 0 bridgehead atoms. The second kappa shape index (κ2) is 5.36. The number of benzene rings is 3. The minimum atomic E-state index is 0.507. The van der Waals surface area contributed by atoms with Crippen LogP contribution in [0.2, 0.25) is 0 Å². The molecule has 0 aliphatic heterocycles. The summed E-state index contributed by atoms with van der Waals surface area (Å²) in [5.74, 6) is 0.507. The first kappa shape index (κ1) is 13.7. The summed E-state index contributed by atoms with van der Waals surface area (Å²) in [6, 6.07) is 20.7. The fraction of sp³-hybridized carbons (Fsp3) is 0.100. The van der Waals surface area contributed by atoms with Crippen molar-refractivity contribution < 1.29 is 0 Å². The summed E-state index contributed by atoms with van der Waals surface area (Å²) in [5, 5.41) is 2.30. The van der Waals surface area contributed by atoms with E-state index in [2.05, 4.69) is 48.3 Å². The summed E-state index contributed by atoms with van der Waals surface area (Å²) in [4.78, 5) is 9.40. The number of hydrogen-bond acceptors (Lipinski definition) is 3. The largest absolute Gasteiger partial charge is 0.382 e. The van der Waals surface area contributed by atoms with Gasteiger partial charge in [-0.2, -0.15) is 0 Å². The van der Waals surface area contributed by atoms with Crippen molar-refractivity contribution in [2.24, 2.45) is 0 Å². The Balaban J connectivity index is 1.91. The lowest BCUT2D eigenvalue weighted by Gasteiger charge is -2.09. The van der Waals surface area contributed by atoms with E-state index in [1.165, 1.54) is 16.5 Å². The molecule has 23 heavy (non-hydrogen) atoms. The Morgan fingerprint density at radius 1 is 0.913 bits per heavy atom. The van der Waals surface area contributed by atoms with Gasteiger partial charge in [0.2, 0.25) is 0 Å². The van der Waals surface area contributed by atoms with Crippen molar-refractivity contribution in [2.75, 3.05) is 5.73 Å². The Morgan fingerprint density at radius 2 is 1.74 bits per heavy atom. The zero-order valence-corrected chi connectivity index (χ0v) is 13.0. The van der Waals surface area contributed by atoms with Gasteiger partial charge in [-0.25, -0.2) is 9.97 Å². The Labute approximate surface area is 134 Å². The van der Waals surface area contributed by atoms with Crippen LogP contribution in [0.3, 0.4) is 0 Å². The highest BCUT2D eigenvalue weighted by molar-refractivity contribution is 6.04. The summed E-state index contributed by atoms with van der Waals surface area (Å²) in [5.41, 5.74) is 11.1. The van der Waals surface area contributed by atoms with Gasteiger partial charge in [-0.15, -0.1) is 0 Å². The molecule has 0 fully saturated rings. The van der Waals surface area contributed by atoms with Crippen LogP contribution in [0.4, 0.5) is 5.82 Å². The summed E-state index contributed by atoms with van der Waals surface area (Å²) in [7, 11) is 0. The van der Waals surface area contributed by atoms with E-state index in [9.17, 15) is 0 Å². The van der Waals surface area contributed by atoms with Crippen LogP contribution < -0.4 is 5.73 Å². The molecule has 0 unspecified atom stereocenters. The number of nitrogens with zero attached hydrogens (tertiary/aromatic N) is 2. The third-order valence-corrected chi connectivity index (χ3v) is 4.12. The van der Waals surface area contributed by atoms with Crippen molar-refractivity contribution >= 4 is 27.6 Å². The highest BCUT2D eigenvalue weighted by Crippen LogP contribution is 2.26. The van der Waals surface area contributed by atoms with Crippen molar-refractivity contribution in [2.45, 2.75) is 13.3 Å². The molecule has 0 aliphatic carbocycles. The monoisotopic (exact) mass is 299 g/mol. The van der Waals surface area contributed by atoms with Gasteiger partial charge in [-0.1, -0.05) is 60.2 Å². The van der Waals surface area contributed by atoms with Gasteiger partial charge in [-0.3, -0.25) is 0 Å². The van der Waals surface area contributed by atoms with Crippen molar-refractivity contribution in [3.05, 3.63) is 77.5 Å². The van der Waals surface area contributed by atoms with Crippen molar-refractivity contribution in [1.82, 2.24) is 9.97 Å². The Bertz CT molecular complexity index is 1010. The highest BCUT2D eigenvalue weighted by atomic mass is 14.9. The van der Waals surface area contributed by atoms with Crippen molar-refractivity contribution in [1.29, 1.82) is 0 Å². The highest BCUT2D eigenvalue weighted by Gasteiger charge is 2.09.